The topological polar surface area (TPSA) is 73.4 Å². The van der Waals surface area contributed by atoms with E-state index in [0.29, 0.717) is 12.1 Å². The molecule has 0 spiro atoms. The summed E-state index contributed by atoms with van der Waals surface area (Å²) in [7, 11) is 4.39. The van der Waals surface area contributed by atoms with Crippen molar-refractivity contribution in [1.82, 2.24) is 9.97 Å². The Bertz CT molecular complexity index is 309. The molecule has 0 saturated carbocycles. The van der Waals surface area contributed by atoms with E-state index in [1.165, 1.54) is 27.7 Å². The number of methoxy groups -OCH3 is 3. The van der Waals surface area contributed by atoms with E-state index >= 15 is 0 Å². The minimum atomic E-state index is -0.461. The minimum Gasteiger partial charge on any atom is -0.469 e. The molecule has 1 unspecified atom stereocenters. The van der Waals surface area contributed by atoms with Crippen LogP contribution in [0.25, 0.3) is 0 Å². The van der Waals surface area contributed by atoms with Gasteiger partial charge in [0.05, 0.1) is 13.4 Å². The number of nitrogens with zero attached hydrogens (tertiary/aromatic N) is 1. The monoisotopic (exact) mass is 228 g/mol. The van der Waals surface area contributed by atoms with Crippen molar-refractivity contribution in [3.05, 3.63) is 18.2 Å². The third-order valence-corrected chi connectivity index (χ3v) is 2.33. The van der Waals surface area contributed by atoms with Gasteiger partial charge in [0, 0.05) is 32.5 Å². The maximum absolute atomic E-state index is 11.6. The number of aromatic nitrogens is 2. The summed E-state index contributed by atoms with van der Waals surface area (Å²) in [5.74, 6) is -0.805. The fourth-order valence-electron chi connectivity index (χ4n) is 1.43. The Morgan fingerprint density at radius 2 is 2.12 bits per heavy atom. The van der Waals surface area contributed by atoms with Crippen LogP contribution in [0.15, 0.2) is 12.5 Å². The van der Waals surface area contributed by atoms with Gasteiger partial charge in [0.2, 0.25) is 0 Å². The van der Waals surface area contributed by atoms with Gasteiger partial charge in [-0.25, -0.2) is 4.98 Å². The van der Waals surface area contributed by atoms with Gasteiger partial charge in [-0.2, -0.15) is 0 Å². The summed E-state index contributed by atoms with van der Waals surface area (Å²) < 4.78 is 14.8. The second kappa shape index (κ2) is 6.24. The number of aromatic amines is 1. The molecule has 0 aliphatic carbocycles. The number of rotatable bonds is 6. The highest BCUT2D eigenvalue weighted by Crippen LogP contribution is 2.21. The molecule has 0 fully saturated rings. The molecule has 1 aromatic rings. The first-order valence-corrected chi connectivity index (χ1v) is 4.84. The molecule has 0 amide bonds. The number of hydrogen-bond donors (Lipinski definition) is 1. The lowest BCUT2D eigenvalue weighted by atomic mass is 10.0. The van der Waals surface area contributed by atoms with Crippen molar-refractivity contribution in [2.75, 3.05) is 21.3 Å². The molecule has 6 heteroatoms. The van der Waals surface area contributed by atoms with Crippen LogP contribution in [0, 0.1) is 0 Å². The summed E-state index contributed by atoms with van der Waals surface area (Å²) in [6.45, 7) is 0. The first-order chi connectivity index (χ1) is 7.72. The van der Waals surface area contributed by atoms with Crippen molar-refractivity contribution in [2.45, 2.75) is 18.6 Å². The fourth-order valence-corrected chi connectivity index (χ4v) is 1.43. The summed E-state index contributed by atoms with van der Waals surface area (Å²) in [5, 5.41) is 0. The number of hydrogen-bond acceptors (Lipinski definition) is 5. The maximum Gasteiger partial charge on any atom is 0.314 e. The number of carbonyl (C=O) groups excluding carboxylic acids is 1. The Hall–Kier alpha value is -1.40. The lowest BCUT2D eigenvalue weighted by Crippen LogP contribution is -2.23. The smallest absolute Gasteiger partial charge is 0.314 e. The van der Waals surface area contributed by atoms with Crippen LogP contribution in [-0.4, -0.2) is 43.6 Å². The number of ether oxygens (including phenoxy) is 3. The zero-order valence-corrected chi connectivity index (χ0v) is 9.60. The number of imidazole rings is 1. The average Bonchev–Trinajstić information content (AvgIpc) is 2.83. The van der Waals surface area contributed by atoms with Crippen molar-refractivity contribution in [3.63, 3.8) is 0 Å². The van der Waals surface area contributed by atoms with Gasteiger partial charge < -0.3 is 19.2 Å². The second-order valence-electron chi connectivity index (χ2n) is 3.22. The van der Waals surface area contributed by atoms with E-state index in [9.17, 15) is 4.79 Å². The van der Waals surface area contributed by atoms with Crippen molar-refractivity contribution in [3.8, 4) is 0 Å². The standard InChI is InChI=1S/C10H16N2O4/c1-14-9(15-2)4-7(10(13)16-3)8-5-11-6-12-8/h5-7,9H,4H2,1-3H3,(H,11,12). The second-order valence-corrected chi connectivity index (χ2v) is 3.22. The Balaban J connectivity index is 2.76. The van der Waals surface area contributed by atoms with Gasteiger partial charge in [0.15, 0.2) is 6.29 Å². The summed E-state index contributed by atoms with van der Waals surface area (Å²) in [5.41, 5.74) is 0.686. The van der Waals surface area contributed by atoms with Crippen LogP contribution in [0.3, 0.4) is 0 Å². The molecule has 90 valence electrons. The van der Waals surface area contributed by atoms with Crippen molar-refractivity contribution >= 4 is 5.97 Å². The molecule has 16 heavy (non-hydrogen) atoms. The molecular weight excluding hydrogens is 212 g/mol. The van der Waals surface area contributed by atoms with E-state index in [-0.39, 0.29) is 5.97 Å². The van der Waals surface area contributed by atoms with E-state index in [0.717, 1.165) is 0 Å². The lowest BCUT2D eigenvalue weighted by Gasteiger charge is -2.18. The summed E-state index contributed by atoms with van der Waals surface area (Å²) in [6.07, 6.45) is 3.03. The summed E-state index contributed by atoms with van der Waals surface area (Å²) >= 11 is 0. The van der Waals surface area contributed by atoms with E-state index in [1.807, 2.05) is 0 Å². The van der Waals surface area contributed by atoms with Gasteiger partial charge >= 0.3 is 5.97 Å². The molecule has 1 heterocycles. The lowest BCUT2D eigenvalue weighted by molar-refractivity contribution is -0.149. The summed E-state index contributed by atoms with van der Waals surface area (Å²) in [4.78, 5) is 18.4. The Morgan fingerprint density at radius 1 is 1.44 bits per heavy atom. The third kappa shape index (κ3) is 3.04. The highest BCUT2D eigenvalue weighted by Gasteiger charge is 2.26. The van der Waals surface area contributed by atoms with Crippen LogP contribution in [0.4, 0.5) is 0 Å². The van der Waals surface area contributed by atoms with Gasteiger partial charge in [-0.05, 0) is 0 Å². The largest absolute Gasteiger partial charge is 0.469 e. The van der Waals surface area contributed by atoms with Crippen molar-refractivity contribution in [1.29, 1.82) is 0 Å². The van der Waals surface area contributed by atoms with Gasteiger partial charge in [-0.15, -0.1) is 0 Å². The van der Waals surface area contributed by atoms with Crippen LogP contribution in [0.2, 0.25) is 0 Å². The Labute approximate surface area is 93.9 Å². The van der Waals surface area contributed by atoms with Gasteiger partial charge in [0.1, 0.15) is 5.92 Å². The number of esters is 1. The molecule has 0 aromatic carbocycles. The van der Waals surface area contributed by atoms with Crippen LogP contribution < -0.4 is 0 Å². The molecule has 0 radical (unpaired) electrons. The Kier molecular flexibility index (Phi) is 4.94. The quantitative estimate of drug-likeness (QED) is 0.572. The zero-order chi connectivity index (χ0) is 12.0. The van der Waals surface area contributed by atoms with E-state index in [4.69, 9.17) is 14.2 Å². The maximum atomic E-state index is 11.6. The number of nitrogens with one attached hydrogen (secondary N) is 1. The molecular formula is C10H16N2O4. The first kappa shape index (κ1) is 12.7. The van der Waals surface area contributed by atoms with Crippen LogP contribution in [-0.2, 0) is 19.0 Å². The van der Waals surface area contributed by atoms with Crippen LogP contribution >= 0.6 is 0 Å². The molecule has 0 aliphatic rings. The van der Waals surface area contributed by atoms with E-state index in [1.54, 1.807) is 6.20 Å². The molecule has 1 N–H and O–H groups in total. The highest BCUT2D eigenvalue weighted by molar-refractivity contribution is 5.77. The fraction of sp³-hybridized carbons (Fsp3) is 0.600. The average molecular weight is 228 g/mol. The third-order valence-electron chi connectivity index (χ3n) is 2.33. The molecule has 0 bridgehead atoms. The summed E-state index contributed by atoms with van der Waals surface area (Å²) in [6, 6.07) is 0. The molecule has 1 aromatic heterocycles. The molecule has 1 rings (SSSR count). The number of carbonyl (C=O) groups is 1. The molecule has 0 aliphatic heterocycles. The molecule has 1 atom stereocenters. The first-order valence-electron chi connectivity index (χ1n) is 4.84. The molecule has 0 saturated heterocycles. The predicted molar refractivity (Wildman–Crippen MR) is 55.8 cm³/mol. The normalized spacial score (nSPS) is 12.8. The van der Waals surface area contributed by atoms with E-state index < -0.39 is 12.2 Å². The minimum absolute atomic E-state index is 0.344. The van der Waals surface area contributed by atoms with Gasteiger partial charge in [-0.3, -0.25) is 4.79 Å². The molecule has 6 nitrogen and oxygen atoms in total. The van der Waals surface area contributed by atoms with Crippen LogP contribution in [0.1, 0.15) is 18.0 Å². The van der Waals surface area contributed by atoms with Crippen molar-refractivity contribution < 1.29 is 19.0 Å². The van der Waals surface area contributed by atoms with Gasteiger partial charge in [0.25, 0.3) is 0 Å². The SMILES string of the molecule is COC(=O)C(CC(OC)OC)c1cnc[nH]1. The predicted octanol–water partition coefficient (Wildman–Crippen LogP) is 0.675. The van der Waals surface area contributed by atoms with E-state index in [2.05, 4.69) is 9.97 Å². The van der Waals surface area contributed by atoms with Crippen LogP contribution in [0.5, 0.6) is 0 Å². The number of H-pyrrole nitrogens is 1. The Morgan fingerprint density at radius 3 is 2.56 bits per heavy atom. The van der Waals surface area contributed by atoms with Crippen molar-refractivity contribution in [2.24, 2.45) is 0 Å². The highest BCUT2D eigenvalue weighted by atomic mass is 16.7. The zero-order valence-electron chi connectivity index (χ0n) is 9.60. The van der Waals surface area contributed by atoms with Gasteiger partial charge in [-0.1, -0.05) is 0 Å².